The normalized spacial score (nSPS) is 22.6. The monoisotopic (exact) mass is 299 g/mol. The van der Waals surface area contributed by atoms with Crippen molar-refractivity contribution >= 4 is 10.8 Å². The molecule has 0 aliphatic heterocycles. The lowest BCUT2D eigenvalue weighted by Gasteiger charge is -2.30. The molecular weight excluding hydrogens is 278 g/mol. The maximum absolute atomic E-state index is 12.9. The van der Waals surface area contributed by atoms with Crippen LogP contribution in [0.2, 0.25) is 0 Å². The van der Waals surface area contributed by atoms with E-state index in [0.717, 1.165) is 23.3 Å². The zero-order chi connectivity index (χ0) is 15.0. The highest BCUT2D eigenvalue weighted by Gasteiger charge is 2.31. The van der Waals surface area contributed by atoms with E-state index in [4.69, 9.17) is 5.73 Å². The summed E-state index contributed by atoms with van der Waals surface area (Å²) >= 11 is 0. The first kappa shape index (κ1) is 14.5. The summed E-state index contributed by atoms with van der Waals surface area (Å²) in [4.78, 5) is 0.901. The minimum atomic E-state index is -1.05. The van der Waals surface area contributed by atoms with Crippen LogP contribution in [0.3, 0.4) is 0 Å². The van der Waals surface area contributed by atoms with Crippen LogP contribution < -0.4 is 5.73 Å². The maximum Gasteiger partial charge on any atom is 0.0590 e. The fraction of sp³-hybridized carbons (Fsp3) is 0.333. The van der Waals surface area contributed by atoms with Crippen molar-refractivity contribution < 1.29 is 4.21 Å². The molecule has 3 unspecified atom stereocenters. The van der Waals surface area contributed by atoms with E-state index in [1.807, 2.05) is 30.3 Å². The first-order chi connectivity index (χ1) is 10.1. The van der Waals surface area contributed by atoms with Crippen LogP contribution in [-0.2, 0) is 17.2 Å². The van der Waals surface area contributed by atoms with Gasteiger partial charge in [-0.15, -0.1) is 0 Å². The minimum absolute atomic E-state index is 0.00186. The van der Waals surface area contributed by atoms with E-state index in [2.05, 4.69) is 26.0 Å². The van der Waals surface area contributed by atoms with Crippen molar-refractivity contribution in [3.63, 3.8) is 0 Å². The predicted octanol–water partition coefficient (Wildman–Crippen LogP) is 3.43. The van der Waals surface area contributed by atoms with Crippen molar-refractivity contribution in [3.05, 3.63) is 64.7 Å². The minimum Gasteiger partial charge on any atom is -0.323 e. The maximum atomic E-state index is 12.9. The standard InChI is InChI=1S/C18H21NOS/c1-12-7-9-15(11-13(12)2)21(20)17-10-8-14-5-3-4-6-16(14)18(17)19/h3-7,9,11,17-18H,8,10,19H2,1-2H3. The molecule has 1 aliphatic rings. The Bertz CT molecular complexity index is 695. The van der Waals surface area contributed by atoms with Gasteiger partial charge in [0.15, 0.2) is 0 Å². The Kier molecular flexibility index (Phi) is 3.96. The summed E-state index contributed by atoms with van der Waals surface area (Å²) < 4.78 is 12.9. The van der Waals surface area contributed by atoms with E-state index < -0.39 is 10.8 Å². The van der Waals surface area contributed by atoms with E-state index in [0.29, 0.717) is 0 Å². The molecule has 0 spiro atoms. The van der Waals surface area contributed by atoms with Crippen molar-refractivity contribution in [2.24, 2.45) is 5.73 Å². The van der Waals surface area contributed by atoms with Crippen LogP contribution in [0.1, 0.15) is 34.7 Å². The van der Waals surface area contributed by atoms with Gasteiger partial charge in [-0.3, -0.25) is 4.21 Å². The molecule has 0 amide bonds. The van der Waals surface area contributed by atoms with Gasteiger partial charge < -0.3 is 5.73 Å². The number of aryl methyl sites for hydroxylation is 3. The number of benzene rings is 2. The van der Waals surface area contributed by atoms with Crippen LogP contribution >= 0.6 is 0 Å². The lowest BCUT2D eigenvalue weighted by atomic mass is 9.88. The molecule has 0 saturated heterocycles. The van der Waals surface area contributed by atoms with Gasteiger partial charge in [0.2, 0.25) is 0 Å². The van der Waals surface area contributed by atoms with E-state index in [9.17, 15) is 4.21 Å². The van der Waals surface area contributed by atoms with Gasteiger partial charge in [-0.25, -0.2) is 0 Å². The fourth-order valence-corrected chi connectivity index (χ4v) is 4.61. The molecule has 2 aromatic rings. The van der Waals surface area contributed by atoms with Gasteiger partial charge in [-0.1, -0.05) is 30.3 Å². The van der Waals surface area contributed by atoms with E-state index in [1.54, 1.807) is 0 Å². The summed E-state index contributed by atoms with van der Waals surface area (Å²) in [7, 11) is -1.05. The largest absolute Gasteiger partial charge is 0.323 e. The van der Waals surface area contributed by atoms with Gasteiger partial charge in [0.1, 0.15) is 0 Å². The molecule has 0 fully saturated rings. The highest BCUT2D eigenvalue weighted by molar-refractivity contribution is 7.85. The van der Waals surface area contributed by atoms with Crippen LogP contribution in [0.4, 0.5) is 0 Å². The molecule has 2 aromatic carbocycles. The number of hydrogen-bond donors (Lipinski definition) is 1. The summed E-state index contributed by atoms with van der Waals surface area (Å²) in [6.07, 6.45) is 1.85. The van der Waals surface area contributed by atoms with Gasteiger partial charge in [0.25, 0.3) is 0 Å². The summed E-state index contributed by atoms with van der Waals surface area (Å²) in [5.41, 5.74) is 11.3. The van der Waals surface area contributed by atoms with Crippen LogP contribution in [-0.4, -0.2) is 9.46 Å². The third-order valence-electron chi connectivity index (χ3n) is 4.50. The third kappa shape index (κ3) is 2.68. The van der Waals surface area contributed by atoms with Crippen LogP contribution in [0.15, 0.2) is 47.4 Å². The van der Waals surface area contributed by atoms with Gasteiger partial charge in [0, 0.05) is 10.9 Å². The summed E-state index contributed by atoms with van der Waals surface area (Å²) in [5.74, 6) is 0. The number of fused-ring (bicyclic) bond motifs is 1. The van der Waals surface area contributed by atoms with Crippen molar-refractivity contribution in [1.82, 2.24) is 0 Å². The second kappa shape index (κ2) is 5.74. The lowest BCUT2D eigenvalue weighted by Crippen LogP contribution is -2.34. The topological polar surface area (TPSA) is 43.1 Å². The highest BCUT2D eigenvalue weighted by atomic mass is 32.2. The van der Waals surface area contributed by atoms with Gasteiger partial charge in [0.05, 0.1) is 16.0 Å². The average Bonchev–Trinajstić information content (AvgIpc) is 2.50. The molecule has 110 valence electrons. The summed E-state index contributed by atoms with van der Waals surface area (Å²) in [5, 5.41) is 0.00186. The smallest absolute Gasteiger partial charge is 0.0590 e. The Morgan fingerprint density at radius 1 is 1.10 bits per heavy atom. The molecule has 3 atom stereocenters. The quantitative estimate of drug-likeness (QED) is 0.923. The van der Waals surface area contributed by atoms with Crippen LogP contribution in [0.5, 0.6) is 0 Å². The zero-order valence-corrected chi connectivity index (χ0v) is 13.3. The zero-order valence-electron chi connectivity index (χ0n) is 12.5. The molecule has 3 heteroatoms. The van der Waals surface area contributed by atoms with Crippen molar-refractivity contribution in [3.8, 4) is 0 Å². The molecule has 3 rings (SSSR count). The Balaban J connectivity index is 1.91. The number of rotatable bonds is 2. The Morgan fingerprint density at radius 2 is 1.86 bits per heavy atom. The SMILES string of the molecule is Cc1ccc(S(=O)C2CCc3ccccc3C2N)cc1C. The molecule has 2 N–H and O–H groups in total. The predicted molar refractivity (Wildman–Crippen MR) is 87.8 cm³/mol. The molecule has 21 heavy (non-hydrogen) atoms. The molecule has 0 radical (unpaired) electrons. The van der Waals surface area contributed by atoms with Gasteiger partial charge >= 0.3 is 0 Å². The Hall–Kier alpha value is -1.45. The first-order valence-electron chi connectivity index (χ1n) is 7.39. The van der Waals surface area contributed by atoms with Crippen molar-refractivity contribution in [1.29, 1.82) is 0 Å². The molecular formula is C18H21NOS. The highest BCUT2D eigenvalue weighted by Crippen LogP contribution is 2.33. The van der Waals surface area contributed by atoms with E-state index >= 15 is 0 Å². The second-order valence-corrected chi connectivity index (χ2v) is 7.52. The van der Waals surface area contributed by atoms with Gasteiger partial charge in [-0.05, 0) is 61.1 Å². The van der Waals surface area contributed by atoms with Crippen LogP contribution in [0, 0.1) is 13.8 Å². The van der Waals surface area contributed by atoms with Gasteiger partial charge in [-0.2, -0.15) is 0 Å². The average molecular weight is 299 g/mol. The van der Waals surface area contributed by atoms with Crippen LogP contribution in [0.25, 0.3) is 0 Å². The number of hydrogen-bond acceptors (Lipinski definition) is 2. The van der Waals surface area contributed by atoms with Crippen molar-refractivity contribution in [2.45, 2.75) is 42.9 Å². The third-order valence-corrected chi connectivity index (χ3v) is 6.30. The fourth-order valence-electron chi connectivity index (χ4n) is 3.02. The molecule has 0 heterocycles. The number of nitrogens with two attached hydrogens (primary N) is 1. The lowest BCUT2D eigenvalue weighted by molar-refractivity contribution is 0.563. The molecule has 1 aliphatic carbocycles. The second-order valence-electron chi connectivity index (χ2n) is 5.85. The Morgan fingerprint density at radius 3 is 2.62 bits per heavy atom. The molecule has 0 aromatic heterocycles. The molecule has 2 nitrogen and oxygen atoms in total. The molecule has 0 bridgehead atoms. The first-order valence-corrected chi connectivity index (χ1v) is 8.60. The summed E-state index contributed by atoms with van der Waals surface area (Å²) in [6.45, 7) is 4.14. The molecule has 0 saturated carbocycles. The Labute approximate surface area is 128 Å². The van der Waals surface area contributed by atoms with E-state index in [1.165, 1.54) is 16.7 Å². The van der Waals surface area contributed by atoms with E-state index in [-0.39, 0.29) is 11.3 Å². The van der Waals surface area contributed by atoms with Crippen molar-refractivity contribution in [2.75, 3.05) is 0 Å². The summed E-state index contributed by atoms with van der Waals surface area (Å²) in [6, 6.07) is 14.2.